The van der Waals surface area contributed by atoms with Crippen LogP contribution in [0, 0.1) is 23.7 Å². The summed E-state index contributed by atoms with van der Waals surface area (Å²) in [7, 11) is 0. The number of halogens is 1. The molecule has 0 aromatic carbocycles. The molecule has 1 aromatic heterocycles. The van der Waals surface area contributed by atoms with Crippen molar-refractivity contribution in [2.45, 2.75) is 63.5 Å². The Morgan fingerprint density at radius 1 is 1.05 bits per heavy atom. The van der Waals surface area contributed by atoms with Gasteiger partial charge in [0.25, 0.3) is 0 Å². The van der Waals surface area contributed by atoms with Crippen molar-refractivity contribution < 1.29 is 0 Å². The lowest BCUT2D eigenvalue weighted by Gasteiger charge is -2.36. The fourth-order valence-corrected chi connectivity index (χ4v) is 8.03. The summed E-state index contributed by atoms with van der Waals surface area (Å²) in [5.41, 5.74) is 1.61. The van der Waals surface area contributed by atoms with E-state index in [4.69, 9.17) is 0 Å². The highest BCUT2D eigenvalue weighted by molar-refractivity contribution is 9.11. The minimum atomic E-state index is 0.639. The number of thiophene rings is 1. The fraction of sp³-hybridized carbons (Fsp3) is 0.778. The highest BCUT2D eigenvalue weighted by atomic mass is 79.9. The Balaban J connectivity index is 1.35. The molecule has 2 bridgehead atoms. The molecule has 0 amide bonds. The lowest BCUT2D eigenvalue weighted by atomic mass is 9.78. The highest BCUT2D eigenvalue weighted by Gasteiger charge is 2.53. The number of hydrogen-bond donors (Lipinski definition) is 1. The maximum atomic E-state index is 4.12. The quantitative estimate of drug-likeness (QED) is 0.749. The summed E-state index contributed by atoms with van der Waals surface area (Å²) in [4.78, 5) is 1.63. The summed E-state index contributed by atoms with van der Waals surface area (Å²) >= 11 is 5.65. The molecule has 5 rings (SSSR count). The Morgan fingerprint density at radius 2 is 1.95 bits per heavy atom. The molecule has 1 nitrogen and oxygen atoms in total. The van der Waals surface area contributed by atoms with Gasteiger partial charge in [0.2, 0.25) is 0 Å². The van der Waals surface area contributed by atoms with E-state index in [0.29, 0.717) is 6.04 Å². The molecule has 4 aliphatic rings. The van der Waals surface area contributed by atoms with Crippen molar-refractivity contribution in [3.8, 4) is 0 Å². The van der Waals surface area contributed by atoms with Crippen LogP contribution in [0.4, 0.5) is 0 Å². The molecular formula is C18H24BrNS. The second-order valence-electron chi connectivity index (χ2n) is 7.80. The Morgan fingerprint density at radius 3 is 2.90 bits per heavy atom. The van der Waals surface area contributed by atoms with Gasteiger partial charge in [0.15, 0.2) is 0 Å². The molecule has 3 heteroatoms. The van der Waals surface area contributed by atoms with E-state index in [1.54, 1.807) is 23.3 Å². The topological polar surface area (TPSA) is 12.0 Å². The van der Waals surface area contributed by atoms with Crippen molar-refractivity contribution >= 4 is 27.3 Å². The van der Waals surface area contributed by atoms with Crippen molar-refractivity contribution in [1.82, 2.24) is 5.32 Å². The summed E-state index contributed by atoms with van der Waals surface area (Å²) in [5.74, 6) is 4.27. The molecule has 114 valence electrons. The molecule has 1 aromatic rings. The zero-order chi connectivity index (χ0) is 14.0. The van der Waals surface area contributed by atoms with Crippen molar-refractivity contribution in [1.29, 1.82) is 0 Å². The van der Waals surface area contributed by atoms with Gasteiger partial charge in [-0.05, 0) is 96.2 Å². The monoisotopic (exact) mass is 365 g/mol. The molecule has 6 unspecified atom stereocenters. The number of rotatable bonds is 2. The van der Waals surface area contributed by atoms with Gasteiger partial charge >= 0.3 is 0 Å². The van der Waals surface area contributed by atoms with Crippen LogP contribution >= 0.6 is 27.3 Å². The summed E-state index contributed by atoms with van der Waals surface area (Å²) in [6.07, 6.45) is 11.6. The van der Waals surface area contributed by atoms with E-state index in [1.807, 2.05) is 11.3 Å². The van der Waals surface area contributed by atoms with E-state index < -0.39 is 0 Å². The third kappa shape index (κ3) is 2.10. The van der Waals surface area contributed by atoms with Gasteiger partial charge in [0.05, 0.1) is 3.79 Å². The maximum Gasteiger partial charge on any atom is 0.0704 e. The summed E-state index contributed by atoms with van der Waals surface area (Å²) in [5, 5.41) is 4.12. The largest absolute Gasteiger partial charge is 0.307 e. The number of fused-ring (bicyclic) bond motifs is 6. The van der Waals surface area contributed by atoms with Gasteiger partial charge in [-0.3, -0.25) is 0 Å². The molecule has 0 saturated heterocycles. The Labute approximate surface area is 140 Å². The first-order valence-corrected chi connectivity index (χ1v) is 10.4. The predicted molar refractivity (Wildman–Crippen MR) is 91.7 cm³/mol. The number of hydrogen-bond acceptors (Lipinski definition) is 2. The van der Waals surface area contributed by atoms with Crippen LogP contribution < -0.4 is 5.32 Å². The van der Waals surface area contributed by atoms with Crippen molar-refractivity contribution in [2.24, 2.45) is 23.7 Å². The lowest BCUT2D eigenvalue weighted by molar-refractivity contribution is 0.194. The minimum Gasteiger partial charge on any atom is -0.307 e. The van der Waals surface area contributed by atoms with Gasteiger partial charge in [-0.1, -0.05) is 6.42 Å². The van der Waals surface area contributed by atoms with Crippen molar-refractivity contribution in [3.05, 3.63) is 20.3 Å². The van der Waals surface area contributed by atoms with E-state index >= 15 is 0 Å². The molecule has 3 fully saturated rings. The minimum absolute atomic E-state index is 0.639. The zero-order valence-electron chi connectivity index (χ0n) is 12.5. The van der Waals surface area contributed by atoms with E-state index in [1.165, 1.54) is 42.3 Å². The van der Waals surface area contributed by atoms with Crippen LogP contribution in [0.3, 0.4) is 0 Å². The lowest BCUT2D eigenvalue weighted by Crippen LogP contribution is -2.41. The summed E-state index contributed by atoms with van der Waals surface area (Å²) in [6.45, 7) is 0. The average Bonchev–Trinajstić information content (AvgIpc) is 3.17. The van der Waals surface area contributed by atoms with Gasteiger partial charge in [0.1, 0.15) is 0 Å². The molecule has 1 N–H and O–H groups in total. The van der Waals surface area contributed by atoms with Crippen LogP contribution in [0.1, 0.15) is 61.4 Å². The van der Waals surface area contributed by atoms with E-state index in [9.17, 15) is 0 Å². The van der Waals surface area contributed by atoms with Gasteiger partial charge in [-0.25, -0.2) is 0 Å². The van der Waals surface area contributed by atoms with Crippen LogP contribution in [0.15, 0.2) is 9.85 Å². The summed E-state index contributed by atoms with van der Waals surface area (Å²) < 4.78 is 1.32. The van der Waals surface area contributed by atoms with E-state index in [2.05, 4.69) is 27.3 Å². The highest BCUT2D eigenvalue weighted by Crippen LogP contribution is 2.59. The van der Waals surface area contributed by atoms with Crippen LogP contribution in [0.2, 0.25) is 0 Å². The van der Waals surface area contributed by atoms with Crippen molar-refractivity contribution in [3.63, 3.8) is 0 Å². The Hall–Kier alpha value is 0.140. The van der Waals surface area contributed by atoms with Gasteiger partial charge in [-0.2, -0.15) is 0 Å². The van der Waals surface area contributed by atoms with Gasteiger partial charge in [0, 0.05) is 17.0 Å². The van der Waals surface area contributed by atoms with E-state index in [0.717, 1.165) is 29.7 Å². The first kappa shape index (κ1) is 13.6. The SMILES string of the molecule is Brc1cc2c(s1)CCCC2NC1CC2CC1C1CCCC21. The Bertz CT molecular complexity index is 553. The number of aryl methyl sites for hydroxylation is 1. The zero-order valence-corrected chi connectivity index (χ0v) is 14.9. The third-order valence-corrected chi connectivity index (χ3v) is 8.64. The fourth-order valence-electron chi connectivity index (χ4n) is 6.21. The molecule has 3 saturated carbocycles. The third-order valence-electron chi connectivity index (χ3n) is 6.93. The van der Waals surface area contributed by atoms with Crippen molar-refractivity contribution in [2.75, 3.05) is 0 Å². The maximum absolute atomic E-state index is 4.12. The Kier molecular flexibility index (Phi) is 3.28. The second kappa shape index (κ2) is 5.07. The molecular weight excluding hydrogens is 342 g/mol. The number of nitrogens with one attached hydrogen (secondary N) is 1. The molecule has 1 heterocycles. The standard InChI is InChI=1S/C18H24BrNS/c19-18-9-14-15(5-2-6-17(14)21-18)20-16-8-10-7-13(16)12-4-1-3-11(10)12/h9-13,15-16,20H,1-8H2. The van der Waals surface area contributed by atoms with Gasteiger partial charge < -0.3 is 5.32 Å². The first-order valence-electron chi connectivity index (χ1n) is 8.84. The average molecular weight is 366 g/mol. The van der Waals surface area contributed by atoms with Crippen LogP contribution in [-0.2, 0) is 6.42 Å². The van der Waals surface area contributed by atoms with E-state index in [-0.39, 0.29) is 0 Å². The normalized spacial score (nSPS) is 44.0. The molecule has 21 heavy (non-hydrogen) atoms. The van der Waals surface area contributed by atoms with Crippen LogP contribution in [0.5, 0.6) is 0 Å². The molecule has 6 atom stereocenters. The van der Waals surface area contributed by atoms with Crippen LogP contribution in [0.25, 0.3) is 0 Å². The second-order valence-corrected chi connectivity index (χ2v) is 10.3. The predicted octanol–water partition coefficient (Wildman–Crippen LogP) is 5.30. The first-order chi connectivity index (χ1) is 10.3. The molecule has 4 aliphatic carbocycles. The molecule has 0 spiro atoms. The van der Waals surface area contributed by atoms with Gasteiger partial charge in [-0.15, -0.1) is 11.3 Å². The molecule has 0 radical (unpaired) electrons. The van der Waals surface area contributed by atoms with Crippen LogP contribution in [-0.4, -0.2) is 6.04 Å². The summed E-state index contributed by atoms with van der Waals surface area (Å²) in [6, 6.07) is 3.85. The smallest absolute Gasteiger partial charge is 0.0704 e. The molecule has 0 aliphatic heterocycles.